The van der Waals surface area contributed by atoms with Gasteiger partial charge in [-0.1, -0.05) is 6.07 Å². The summed E-state index contributed by atoms with van der Waals surface area (Å²) in [5.74, 6) is -0.484. The van der Waals surface area contributed by atoms with Crippen LogP contribution in [-0.4, -0.2) is 15.0 Å². The molecule has 0 atom stereocenters. The second kappa shape index (κ2) is 4.49. The van der Waals surface area contributed by atoms with Crippen molar-refractivity contribution in [2.45, 2.75) is 0 Å². The van der Waals surface area contributed by atoms with Crippen molar-refractivity contribution in [1.82, 2.24) is 15.0 Å². The van der Waals surface area contributed by atoms with Gasteiger partial charge in [0, 0.05) is 17.3 Å². The first-order valence-corrected chi connectivity index (χ1v) is 5.62. The summed E-state index contributed by atoms with van der Waals surface area (Å²) in [6, 6.07) is 9.28. The van der Waals surface area contributed by atoms with Crippen LogP contribution >= 0.6 is 0 Å². The van der Waals surface area contributed by atoms with Crippen LogP contribution in [0.25, 0.3) is 10.9 Å². The number of anilines is 3. The number of nitrogens with one attached hydrogen (secondary N) is 1. The van der Waals surface area contributed by atoms with Gasteiger partial charge in [0.05, 0.1) is 11.7 Å². The number of aromatic nitrogens is 3. The number of nitrogen functional groups attached to an aromatic ring is 1. The Morgan fingerprint density at radius 1 is 1.16 bits per heavy atom. The van der Waals surface area contributed by atoms with E-state index in [0.717, 1.165) is 17.1 Å². The monoisotopic (exact) mass is 255 g/mol. The zero-order valence-corrected chi connectivity index (χ0v) is 9.84. The lowest BCUT2D eigenvalue weighted by molar-refractivity contribution is 0.620. The predicted molar refractivity (Wildman–Crippen MR) is 71.4 cm³/mol. The van der Waals surface area contributed by atoms with E-state index in [-0.39, 0.29) is 11.8 Å². The van der Waals surface area contributed by atoms with Crippen LogP contribution in [0.2, 0.25) is 0 Å². The first kappa shape index (κ1) is 11.3. The highest BCUT2D eigenvalue weighted by Gasteiger charge is 2.06. The van der Waals surface area contributed by atoms with Crippen molar-refractivity contribution < 1.29 is 4.39 Å². The number of benzene rings is 1. The van der Waals surface area contributed by atoms with E-state index in [1.807, 2.05) is 24.3 Å². The Labute approximate surface area is 108 Å². The quantitative estimate of drug-likeness (QED) is 0.735. The topological polar surface area (TPSA) is 76.7 Å². The van der Waals surface area contributed by atoms with Gasteiger partial charge < -0.3 is 11.1 Å². The Balaban J connectivity index is 1.98. The molecule has 0 radical (unpaired) electrons. The van der Waals surface area contributed by atoms with Crippen LogP contribution in [0.5, 0.6) is 0 Å². The van der Waals surface area contributed by atoms with Crippen LogP contribution in [-0.2, 0) is 0 Å². The van der Waals surface area contributed by atoms with Crippen molar-refractivity contribution >= 4 is 28.4 Å². The SMILES string of the molecule is Nc1ncc(F)c(Nc2ccc3ncccc3c2)n1. The van der Waals surface area contributed by atoms with Gasteiger partial charge in [0.15, 0.2) is 11.6 Å². The Bertz CT molecular complexity index is 744. The van der Waals surface area contributed by atoms with Crippen molar-refractivity contribution in [1.29, 1.82) is 0 Å². The van der Waals surface area contributed by atoms with Crippen LogP contribution in [0, 0.1) is 5.82 Å². The van der Waals surface area contributed by atoms with Crippen molar-refractivity contribution in [3.8, 4) is 0 Å². The van der Waals surface area contributed by atoms with Gasteiger partial charge in [0.25, 0.3) is 0 Å². The summed E-state index contributed by atoms with van der Waals surface area (Å²) < 4.78 is 13.5. The van der Waals surface area contributed by atoms with Gasteiger partial charge in [-0.2, -0.15) is 4.98 Å². The molecule has 0 amide bonds. The molecule has 0 spiro atoms. The first-order chi connectivity index (χ1) is 9.22. The summed E-state index contributed by atoms with van der Waals surface area (Å²) in [6.45, 7) is 0. The van der Waals surface area contributed by atoms with E-state index in [1.165, 1.54) is 0 Å². The lowest BCUT2D eigenvalue weighted by Crippen LogP contribution is -2.02. The molecule has 19 heavy (non-hydrogen) atoms. The van der Waals surface area contributed by atoms with Crippen LogP contribution in [0.1, 0.15) is 0 Å². The Kier molecular flexibility index (Phi) is 2.68. The molecule has 0 saturated heterocycles. The predicted octanol–water partition coefficient (Wildman–Crippen LogP) is 2.49. The molecule has 2 heterocycles. The number of nitrogens with zero attached hydrogens (tertiary/aromatic N) is 3. The fourth-order valence-corrected chi connectivity index (χ4v) is 1.76. The maximum atomic E-state index is 13.5. The molecule has 2 aromatic heterocycles. The zero-order valence-electron chi connectivity index (χ0n) is 9.84. The van der Waals surface area contributed by atoms with Gasteiger partial charge >= 0.3 is 0 Å². The molecule has 0 aliphatic carbocycles. The van der Waals surface area contributed by atoms with Gasteiger partial charge in [-0.25, -0.2) is 9.37 Å². The second-order valence-electron chi connectivity index (χ2n) is 3.96. The van der Waals surface area contributed by atoms with Crippen molar-refractivity contribution in [3.05, 3.63) is 48.5 Å². The van der Waals surface area contributed by atoms with E-state index in [2.05, 4.69) is 20.3 Å². The molecular formula is C13H10FN5. The Morgan fingerprint density at radius 3 is 2.95 bits per heavy atom. The number of nitrogens with two attached hydrogens (primary N) is 1. The molecule has 3 rings (SSSR count). The smallest absolute Gasteiger partial charge is 0.222 e. The fourth-order valence-electron chi connectivity index (χ4n) is 1.76. The number of pyridine rings is 1. The molecule has 94 valence electrons. The molecule has 5 nitrogen and oxygen atoms in total. The third-order valence-corrected chi connectivity index (χ3v) is 2.63. The zero-order chi connectivity index (χ0) is 13.2. The maximum absolute atomic E-state index is 13.5. The Morgan fingerprint density at radius 2 is 2.05 bits per heavy atom. The lowest BCUT2D eigenvalue weighted by atomic mass is 10.2. The summed E-state index contributed by atoms with van der Waals surface area (Å²) in [6.07, 6.45) is 2.76. The number of hydrogen-bond donors (Lipinski definition) is 2. The van der Waals surface area contributed by atoms with Gasteiger partial charge in [-0.15, -0.1) is 0 Å². The van der Waals surface area contributed by atoms with Crippen LogP contribution in [0.4, 0.5) is 21.8 Å². The summed E-state index contributed by atoms with van der Waals surface area (Å²) in [5.41, 5.74) is 7.01. The number of rotatable bonds is 2. The third-order valence-electron chi connectivity index (χ3n) is 2.63. The lowest BCUT2D eigenvalue weighted by Gasteiger charge is -2.07. The van der Waals surface area contributed by atoms with Crippen molar-refractivity contribution in [2.24, 2.45) is 0 Å². The van der Waals surface area contributed by atoms with E-state index in [0.29, 0.717) is 5.69 Å². The normalized spacial score (nSPS) is 10.6. The second-order valence-corrected chi connectivity index (χ2v) is 3.96. The maximum Gasteiger partial charge on any atom is 0.222 e. The molecule has 0 aliphatic heterocycles. The largest absolute Gasteiger partial charge is 0.368 e. The minimum absolute atomic E-state index is 0.0198. The summed E-state index contributed by atoms with van der Waals surface area (Å²) in [5, 5.41) is 3.82. The van der Waals surface area contributed by atoms with Crippen LogP contribution < -0.4 is 11.1 Å². The molecular weight excluding hydrogens is 245 g/mol. The minimum atomic E-state index is -0.555. The van der Waals surface area contributed by atoms with E-state index < -0.39 is 5.82 Å². The molecule has 1 aromatic carbocycles. The standard InChI is InChI=1S/C13H10FN5/c14-10-7-17-13(15)19-12(10)18-9-3-4-11-8(6-9)2-1-5-16-11/h1-7H,(H3,15,17,18,19). The highest BCUT2D eigenvalue weighted by atomic mass is 19.1. The molecule has 0 bridgehead atoms. The molecule has 3 aromatic rings. The fraction of sp³-hybridized carbons (Fsp3) is 0. The highest BCUT2D eigenvalue weighted by Crippen LogP contribution is 2.21. The van der Waals surface area contributed by atoms with E-state index in [1.54, 1.807) is 12.3 Å². The highest BCUT2D eigenvalue weighted by molar-refractivity contribution is 5.83. The molecule has 6 heteroatoms. The molecule has 0 saturated carbocycles. The van der Waals surface area contributed by atoms with Crippen molar-refractivity contribution in [2.75, 3.05) is 11.1 Å². The molecule has 0 unspecified atom stereocenters. The molecule has 3 N–H and O–H groups in total. The van der Waals surface area contributed by atoms with E-state index in [4.69, 9.17) is 5.73 Å². The first-order valence-electron chi connectivity index (χ1n) is 5.62. The number of fused-ring (bicyclic) bond motifs is 1. The van der Waals surface area contributed by atoms with E-state index in [9.17, 15) is 4.39 Å². The van der Waals surface area contributed by atoms with Crippen LogP contribution in [0.15, 0.2) is 42.7 Å². The summed E-state index contributed by atoms with van der Waals surface area (Å²) >= 11 is 0. The van der Waals surface area contributed by atoms with Gasteiger partial charge in [0.1, 0.15) is 0 Å². The summed E-state index contributed by atoms with van der Waals surface area (Å²) in [4.78, 5) is 11.6. The Hall–Kier alpha value is -2.76. The minimum Gasteiger partial charge on any atom is -0.368 e. The van der Waals surface area contributed by atoms with Gasteiger partial charge in [0.2, 0.25) is 5.95 Å². The van der Waals surface area contributed by atoms with Gasteiger partial charge in [-0.05, 0) is 24.3 Å². The molecule has 0 aliphatic rings. The van der Waals surface area contributed by atoms with Gasteiger partial charge in [-0.3, -0.25) is 4.98 Å². The van der Waals surface area contributed by atoms with E-state index >= 15 is 0 Å². The average molecular weight is 255 g/mol. The van der Waals surface area contributed by atoms with Crippen LogP contribution in [0.3, 0.4) is 0 Å². The third kappa shape index (κ3) is 2.28. The average Bonchev–Trinajstić information content (AvgIpc) is 2.43. The molecule has 0 fully saturated rings. The van der Waals surface area contributed by atoms with Crippen molar-refractivity contribution in [3.63, 3.8) is 0 Å². The summed E-state index contributed by atoms with van der Waals surface area (Å²) in [7, 11) is 0. The number of hydrogen-bond acceptors (Lipinski definition) is 5. The number of halogens is 1.